The second-order valence-corrected chi connectivity index (χ2v) is 6.36. The van der Waals surface area contributed by atoms with E-state index in [4.69, 9.17) is 0 Å². The van der Waals surface area contributed by atoms with Crippen LogP contribution in [0, 0.1) is 6.92 Å². The molecule has 2 rings (SSSR count). The molecule has 0 radical (unpaired) electrons. The molecule has 3 nitrogen and oxygen atoms in total. The fourth-order valence-corrected chi connectivity index (χ4v) is 2.84. The Balaban J connectivity index is 2.09. The molecule has 0 spiro atoms. The highest BCUT2D eigenvalue weighted by Gasteiger charge is 2.13. The zero-order valence-corrected chi connectivity index (χ0v) is 14.7. The highest BCUT2D eigenvalue weighted by molar-refractivity contribution is 9.10. The molecule has 1 N–H and O–H groups in total. The van der Waals surface area contributed by atoms with E-state index in [9.17, 15) is 0 Å². The van der Waals surface area contributed by atoms with Crippen molar-refractivity contribution in [2.45, 2.75) is 39.2 Å². The standard InChI is InChI=1S/C17H24BrN3/c1-4-9-19-16(7-8-17-20-10-11-21(17)3)14-6-5-13(2)15(18)12-14/h5-6,10-12,16,19H,4,7-9H2,1-3H3. The summed E-state index contributed by atoms with van der Waals surface area (Å²) in [6.45, 7) is 5.36. The molecule has 0 bridgehead atoms. The Kier molecular flexibility index (Phi) is 6.00. The van der Waals surface area contributed by atoms with Crippen LogP contribution in [0.2, 0.25) is 0 Å². The number of aromatic nitrogens is 2. The van der Waals surface area contributed by atoms with Gasteiger partial charge in [-0.3, -0.25) is 0 Å². The molecule has 1 heterocycles. The van der Waals surface area contributed by atoms with Crippen molar-refractivity contribution >= 4 is 15.9 Å². The number of benzene rings is 1. The van der Waals surface area contributed by atoms with Gasteiger partial charge >= 0.3 is 0 Å². The van der Waals surface area contributed by atoms with Gasteiger partial charge in [-0.25, -0.2) is 4.98 Å². The van der Waals surface area contributed by atoms with Crippen LogP contribution in [0.4, 0.5) is 0 Å². The first kappa shape index (κ1) is 16.2. The molecule has 114 valence electrons. The van der Waals surface area contributed by atoms with Gasteiger partial charge < -0.3 is 9.88 Å². The number of rotatable bonds is 7. The lowest BCUT2D eigenvalue weighted by Crippen LogP contribution is -2.23. The van der Waals surface area contributed by atoms with Crippen molar-refractivity contribution in [3.8, 4) is 0 Å². The Bertz CT molecular complexity index is 577. The minimum atomic E-state index is 0.374. The summed E-state index contributed by atoms with van der Waals surface area (Å²) in [5.41, 5.74) is 2.62. The van der Waals surface area contributed by atoms with Crippen LogP contribution in [0.15, 0.2) is 35.1 Å². The Morgan fingerprint density at radius 2 is 2.19 bits per heavy atom. The van der Waals surface area contributed by atoms with Crippen molar-refractivity contribution in [2.24, 2.45) is 7.05 Å². The number of imidazole rings is 1. The zero-order chi connectivity index (χ0) is 15.2. The maximum absolute atomic E-state index is 4.42. The smallest absolute Gasteiger partial charge is 0.108 e. The van der Waals surface area contributed by atoms with E-state index in [1.165, 1.54) is 15.6 Å². The SMILES string of the molecule is CCCNC(CCc1nccn1C)c1ccc(C)c(Br)c1. The first-order valence-corrected chi connectivity index (χ1v) is 8.36. The normalized spacial score (nSPS) is 12.6. The van der Waals surface area contributed by atoms with Crippen LogP contribution < -0.4 is 5.32 Å². The Morgan fingerprint density at radius 3 is 2.81 bits per heavy atom. The van der Waals surface area contributed by atoms with E-state index < -0.39 is 0 Å². The van der Waals surface area contributed by atoms with Crippen molar-refractivity contribution in [2.75, 3.05) is 6.54 Å². The maximum Gasteiger partial charge on any atom is 0.108 e. The third kappa shape index (κ3) is 4.42. The summed E-state index contributed by atoms with van der Waals surface area (Å²) in [5, 5.41) is 3.66. The summed E-state index contributed by atoms with van der Waals surface area (Å²) in [4.78, 5) is 4.42. The van der Waals surface area contributed by atoms with Crippen LogP contribution in [-0.2, 0) is 13.5 Å². The number of nitrogens with one attached hydrogen (secondary N) is 1. The summed E-state index contributed by atoms with van der Waals surface area (Å²) in [5.74, 6) is 1.14. The summed E-state index contributed by atoms with van der Waals surface area (Å²) in [6.07, 6.45) is 7.06. The molecule has 0 saturated heterocycles. The minimum absolute atomic E-state index is 0.374. The summed E-state index contributed by atoms with van der Waals surface area (Å²) < 4.78 is 3.28. The van der Waals surface area contributed by atoms with E-state index >= 15 is 0 Å². The van der Waals surface area contributed by atoms with Crippen molar-refractivity contribution in [3.05, 3.63) is 52.0 Å². The molecule has 1 aromatic carbocycles. The Labute approximate surface area is 135 Å². The van der Waals surface area contributed by atoms with E-state index in [-0.39, 0.29) is 0 Å². The second kappa shape index (κ2) is 7.76. The lowest BCUT2D eigenvalue weighted by molar-refractivity contribution is 0.491. The molecular weight excluding hydrogens is 326 g/mol. The number of nitrogens with zero attached hydrogens (tertiary/aromatic N) is 2. The van der Waals surface area contributed by atoms with Gasteiger partial charge in [0, 0.05) is 36.4 Å². The monoisotopic (exact) mass is 349 g/mol. The summed E-state index contributed by atoms with van der Waals surface area (Å²) in [6, 6.07) is 7.02. The Hall–Kier alpha value is -1.13. The van der Waals surface area contributed by atoms with E-state index in [0.29, 0.717) is 6.04 Å². The lowest BCUT2D eigenvalue weighted by atomic mass is 10.0. The van der Waals surface area contributed by atoms with Gasteiger partial charge in [-0.1, -0.05) is 35.0 Å². The van der Waals surface area contributed by atoms with Crippen LogP contribution in [0.5, 0.6) is 0 Å². The molecule has 4 heteroatoms. The molecule has 0 aliphatic rings. The molecule has 0 saturated carbocycles. The second-order valence-electron chi connectivity index (χ2n) is 5.51. The third-order valence-corrected chi connectivity index (χ3v) is 4.67. The van der Waals surface area contributed by atoms with Gasteiger partial charge in [0.2, 0.25) is 0 Å². The number of hydrogen-bond acceptors (Lipinski definition) is 2. The summed E-state index contributed by atoms with van der Waals surface area (Å²) in [7, 11) is 2.05. The molecule has 1 atom stereocenters. The van der Waals surface area contributed by atoms with Gasteiger partial charge in [0.25, 0.3) is 0 Å². The van der Waals surface area contributed by atoms with Crippen molar-refractivity contribution in [1.29, 1.82) is 0 Å². The topological polar surface area (TPSA) is 29.9 Å². The van der Waals surface area contributed by atoms with E-state index in [2.05, 4.69) is 69.9 Å². The van der Waals surface area contributed by atoms with Gasteiger partial charge in [0.15, 0.2) is 0 Å². The van der Waals surface area contributed by atoms with Crippen LogP contribution in [0.3, 0.4) is 0 Å². The molecule has 1 aromatic heterocycles. The first-order valence-electron chi connectivity index (χ1n) is 7.57. The van der Waals surface area contributed by atoms with Crippen molar-refractivity contribution in [3.63, 3.8) is 0 Å². The minimum Gasteiger partial charge on any atom is -0.338 e. The van der Waals surface area contributed by atoms with Crippen LogP contribution in [0.1, 0.15) is 42.8 Å². The van der Waals surface area contributed by atoms with Crippen molar-refractivity contribution in [1.82, 2.24) is 14.9 Å². The molecule has 0 amide bonds. The molecule has 21 heavy (non-hydrogen) atoms. The summed E-state index contributed by atoms with van der Waals surface area (Å²) >= 11 is 3.64. The Morgan fingerprint density at radius 1 is 1.38 bits per heavy atom. The predicted molar refractivity (Wildman–Crippen MR) is 91.4 cm³/mol. The highest BCUT2D eigenvalue weighted by Crippen LogP contribution is 2.24. The average Bonchev–Trinajstić information content (AvgIpc) is 2.88. The molecule has 0 fully saturated rings. The first-order chi connectivity index (χ1) is 10.1. The largest absolute Gasteiger partial charge is 0.338 e. The zero-order valence-electron chi connectivity index (χ0n) is 13.1. The van der Waals surface area contributed by atoms with Gasteiger partial charge in [-0.15, -0.1) is 0 Å². The average molecular weight is 350 g/mol. The number of aryl methyl sites for hydroxylation is 3. The van der Waals surface area contributed by atoms with Crippen LogP contribution in [-0.4, -0.2) is 16.1 Å². The molecule has 0 aliphatic carbocycles. The number of halogens is 1. The van der Waals surface area contributed by atoms with Gasteiger partial charge in [0.05, 0.1) is 0 Å². The lowest BCUT2D eigenvalue weighted by Gasteiger charge is -2.20. The predicted octanol–water partition coefficient (Wildman–Crippen LogP) is 4.16. The quantitative estimate of drug-likeness (QED) is 0.812. The molecule has 2 aromatic rings. The highest BCUT2D eigenvalue weighted by atomic mass is 79.9. The van der Waals surface area contributed by atoms with E-state index in [1.54, 1.807) is 0 Å². The van der Waals surface area contributed by atoms with Crippen molar-refractivity contribution < 1.29 is 0 Å². The van der Waals surface area contributed by atoms with E-state index in [0.717, 1.165) is 31.6 Å². The fourth-order valence-electron chi connectivity index (χ4n) is 2.44. The third-order valence-electron chi connectivity index (χ3n) is 3.82. The molecule has 1 unspecified atom stereocenters. The van der Waals surface area contributed by atoms with Gasteiger partial charge in [0.1, 0.15) is 5.82 Å². The van der Waals surface area contributed by atoms with E-state index in [1.807, 2.05) is 12.4 Å². The van der Waals surface area contributed by atoms with Gasteiger partial charge in [-0.2, -0.15) is 0 Å². The van der Waals surface area contributed by atoms with Crippen LogP contribution in [0.25, 0.3) is 0 Å². The van der Waals surface area contributed by atoms with Crippen LogP contribution >= 0.6 is 15.9 Å². The fraction of sp³-hybridized carbons (Fsp3) is 0.471. The molecule has 0 aliphatic heterocycles. The maximum atomic E-state index is 4.42. The van der Waals surface area contributed by atoms with Gasteiger partial charge in [-0.05, 0) is 43.5 Å². The molecular formula is C17H24BrN3. The number of hydrogen-bond donors (Lipinski definition) is 1.